The van der Waals surface area contributed by atoms with Crippen LogP contribution in [0.15, 0.2) is 18.2 Å². The molecule has 19 heavy (non-hydrogen) atoms. The van der Waals surface area contributed by atoms with E-state index in [2.05, 4.69) is 12.2 Å². The Labute approximate surface area is 115 Å². The Hall–Kier alpha value is -1.51. The average molecular weight is 260 g/mol. The summed E-state index contributed by atoms with van der Waals surface area (Å²) in [5.74, 6) is -0.00451. The summed E-state index contributed by atoms with van der Waals surface area (Å²) in [5.41, 5.74) is 8.45. The van der Waals surface area contributed by atoms with Gasteiger partial charge in [0.2, 0.25) is 0 Å². The number of aryl methyl sites for hydroxylation is 1. The van der Waals surface area contributed by atoms with Crippen LogP contribution in [0.4, 0.5) is 5.69 Å². The monoisotopic (exact) mass is 260 g/mol. The number of nitrogen functional groups attached to an aromatic ring is 1. The number of benzene rings is 1. The number of hydrogen-bond donors (Lipinski definition) is 2. The number of hydrogen-bond acceptors (Lipinski definition) is 2. The molecule has 104 valence electrons. The Morgan fingerprint density at radius 2 is 2.00 bits per heavy atom. The molecule has 0 unspecified atom stereocenters. The van der Waals surface area contributed by atoms with Gasteiger partial charge in [0, 0.05) is 17.8 Å². The zero-order valence-electron chi connectivity index (χ0n) is 12.0. The normalized spacial score (nSPS) is 17.4. The predicted molar refractivity (Wildman–Crippen MR) is 79.1 cm³/mol. The number of anilines is 1. The predicted octanol–water partition coefficient (Wildman–Crippen LogP) is 3.28. The van der Waals surface area contributed by atoms with Crippen LogP contribution in [0.1, 0.15) is 54.9 Å². The van der Waals surface area contributed by atoms with E-state index in [0.717, 1.165) is 18.5 Å². The van der Waals surface area contributed by atoms with Crippen LogP contribution in [0.5, 0.6) is 0 Å². The second-order valence-electron chi connectivity index (χ2n) is 5.88. The Morgan fingerprint density at radius 3 is 2.58 bits per heavy atom. The minimum absolute atomic E-state index is 0.00451. The summed E-state index contributed by atoms with van der Waals surface area (Å²) in [5, 5.41) is 3.09. The topological polar surface area (TPSA) is 55.1 Å². The van der Waals surface area contributed by atoms with Gasteiger partial charge in [-0.05, 0) is 55.4 Å². The Balaban J connectivity index is 2.01. The van der Waals surface area contributed by atoms with Crippen molar-refractivity contribution < 1.29 is 4.79 Å². The Morgan fingerprint density at radius 1 is 1.32 bits per heavy atom. The highest BCUT2D eigenvalue weighted by molar-refractivity contribution is 5.95. The molecule has 0 bridgehead atoms. The lowest BCUT2D eigenvalue weighted by Gasteiger charge is -2.27. The number of nitrogens with two attached hydrogens (primary N) is 1. The Bertz CT molecular complexity index is 442. The van der Waals surface area contributed by atoms with Crippen LogP contribution in [0.3, 0.4) is 0 Å². The summed E-state index contributed by atoms with van der Waals surface area (Å²) in [6.45, 7) is 4.97. The van der Waals surface area contributed by atoms with Crippen LogP contribution in [0, 0.1) is 12.3 Å². The van der Waals surface area contributed by atoms with E-state index in [1.165, 1.54) is 25.7 Å². The van der Waals surface area contributed by atoms with Crippen LogP contribution < -0.4 is 11.1 Å². The molecule has 0 heterocycles. The van der Waals surface area contributed by atoms with Gasteiger partial charge in [-0.25, -0.2) is 0 Å². The van der Waals surface area contributed by atoms with Gasteiger partial charge in [-0.15, -0.1) is 0 Å². The fourth-order valence-electron chi connectivity index (χ4n) is 3.09. The summed E-state index contributed by atoms with van der Waals surface area (Å²) in [6.07, 6.45) is 6.20. The fourth-order valence-corrected chi connectivity index (χ4v) is 3.09. The molecule has 1 saturated carbocycles. The minimum Gasteiger partial charge on any atom is -0.399 e. The molecule has 0 aliphatic heterocycles. The highest BCUT2D eigenvalue weighted by Crippen LogP contribution is 2.40. The third kappa shape index (κ3) is 3.28. The molecule has 3 nitrogen and oxygen atoms in total. The van der Waals surface area contributed by atoms with Crippen molar-refractivity contribution in [1.29, 1.82) is 0 Å². The lowest BCUT2D eigenvalue weighted by Crippen LogP contribution is -2.35. The van der Waals surface area contributed by atoms with E-state index >= 15 is 0 Å². The summed E-state index contributed by atoms with van der Waals surface area (Å²) >= 11 is 0. The van der Waals surface area contributed by atoms with Crippen molar-refractivity contribution in [2.24, 2.45) is 5.41 Å². The lowest BCUT2D eigenvalue weighted by molar-refractivity contribution is 0.0928. The molecule has 1 aromatic rings. The second kappa shape index (κ2) is 5.64. The van der Waals surface area contributed by atoms with E-state index < -0.39 is 0 Å². The van der Waals surface area contributed by atoms with Crippen molar-refractivity contribution in [2.45, 2.75) is 46.0 Å². The second-order valence-corrected chi connectivity index (χ2v) is 5.88. The third-order valence-electron chi connectivity index (χ3n) is 4.40. The minimum atomic E-state index is -0.00451. The zero-order chi connectivity index (χ0) is 13.9. The molecule has 0 radical (unpaired) electrons. The number of nitrogens with one attached hydrogen (secondary N) is 1. The molecule has 0 aromatic heterocycles. The van der Waals surface area contributed by atoms with Gasteiger partial charge in [0.05, 0.1) is 0 Å². The van der Waals surface area contributed by atoms with Crippen LogP contribution >= 0.6 is 0 Å². The molecule has 0 saturated heterocycles. The number of carbonyl (C=O) groups is 1. The first-order valence-corrected chi connectivity index (χ1v) is 7.20. The van der Waals surface area contributed by atoms with Crippen molar-refractivity contribution in [3.63, 3.8) is 0 Å². The summed E-state index contributed by atoms with van der Waals surface area (Å²) < 4.78 is 0. The van der Waals surface area contributed by atoms with Crippen molar-refractivity contribution in [2.75, 3.05) is 12.3 Å². The maximum absolute atomic E-state index is 12.2. The molecule has 3 N–H and O–H groups in total. The van der Waals surface area contributed by atoms with Crippen molar-refractivity contribution in [1.82, 2.24) is 5.32 Å². The van der Waals surface area contributed by atoms with Gasteiger partial charge in [0.1, 0.15) is 0 Å². The van der Waals surface area contributed by atoms with Crippen LogP contribution in [0.2, 0.25) is 0 Å². The summed E-state index contributed by atoms with van der Waals surface area (Å²) in [7, 11) is 0. The average Bonchev–Trinajstić information content (AvgIpc) is 2.84. The molecule has 0 atom stereocenters. The molecular formula is C16H24N2O. The smallest absolute Gasteiger partial charge is 0.251 e. The van der Waals surface area contributed by atoms with Gasteiger partial charge >= 0.3 is 0 Å². The summed E-state index contributed by atoms with van der Waals surface area (Å²) in [4.78, 5) is 12.2. The van der Waals surface area contributed by atoms with Gasteiger partial charge in [-0.3, -0.25) is 4.79 Å². The molecule has 0 spiro atoms. The van der Waals surface area contributed by atoms with Crippen molar-refractivity contribution >= 4 is 11.6 Å². The largest absolute Gasteiger partial charge is 0.399 e. The highest BCUT2D eigenvalue weighted by atomic mass is 16.1. The molecular weight excluding hydrogens is 236 g/mol. The molecule has 1 aromatic carbocycles. The first-order chi connectivity index (χ1) is 9.04. The number of carbonyl (C=O) groups excluding carboxylic acids is 1. The fraction of sp³-hybridized carbons (Fsp3) is 0.562. The Kier molecular flexibility index (Phi) is 4.13. The molecule has 1 fully saturated rings. The first kappa shape index (κ1) is 13.9. The quantitative estimate of drug-likeness (QED) is 0.816. The van der Waals surface area contributed by atoms with E-state index in [9.17, 15) is 4.79 Å². The maximum atomic E-state index is 12.2. The summed E-state index contributed by atoms with van der Waals surface area (Å²) in [6, 6.07) is 5.51. The lowest BCUT2D eigenvalue weighted by atomic mass is 9.83. The number of amides is 1. The van der Waals surface area contributed by atoms with Gasteiger partial charge in [-0.2, -0.15) is 0 Å². The molecule has 1 amide bonds. The van der Waals surface area contributed by atoms with Gasteiger partial charge in [0.25, 0.3) is 5.91 Å². The van der Waals surface area contributed by atoms with E-state index in [1.807, 2.05) is 19.1 Å². The third-order valence-corrected chi connectivity index (χ3v) is 4.40. The van der Waals surface area contributed by atoms with Crippen LogP contribution in [-0.4, -0.2) is 12.5 Å². The van der Waals surface area contributed by atoms with Crippen LogP contribution in [0.25, 0.3) is 0 Å². The van der Waals surface area contributed by atoms with Crippen LogP contribution in [-0.2, 0) is 0 Å². The van der Waals surface area contributed by atoms with E-state index in [4.69, 9.17) is 5.73 Å². The van der Waals surface area contributed by atoms with Gasteiger partial charge < -0.3 is 11.1 Å². The number of rotatable bonds is 4. The van der Waals surface area contributed by atoms with Gasteiger partial charge in [-0.1, -0.05) is 19.8 Å². The van der Waals surface area contributed by atoms with E-state index in [-0.39, 0.29) is 5.91 Å². The highest BCUT2D eigenvalue weighted by Gasteiger charge is 2.32. The molecule has 1 aliphatic rings. The SMILES string of the molecule is CCC1(CNC(=O)c2cc(C)cc(N)c2)CCCC1. The van der Waals surface area contributed by atoms with Gasteiger partial charge in [0.15, 0.2) is 0 Å². The van der Waals surface area contributed by atoms with E-state index in [1.54, 1.807) is 6.07 Å². The standard InChI is InChI=1S/C16H24N2O/c1-3-16(6-4-5-7-16)11-18-15(19)13-8-12(2)9-14(17)10-13/h8-10H,3-7,11,17H2,1-2H3,(H,18,19). The molecule has 1 aliphatic carbocycles. The van der Waals surface area contributed by atoms with Crippen molar-refractivity contribution in [3.05, 3.63) is 29.3 Å². The first-order valence-electron chi connectivity index (χ1n) is 7.20. The maximum Gasteiger partial charge on any atom is 0.251 e. The molecule has 2 rings (SSSR count). The van der Waals surface area contributed by atoms with E-state index in [0.29, 0.717) is 16.7 Å². The van der Waals surface area contributed by atoms with Crippen molar-refractivity contribution in [3.8, 4) is 0 Å². The zero-order valence-corrected chi connectivity index (χ0v) is 12.0. The molecule has 3 heteroatoms.